The quantitative estimate of drug-likeness (QED) is 0.0283. The van der Waals surface area contributed by atoms with Crippen molar-refractivity contribution in [1.82, 2.24) is 5.32 Å². The van der Waals surface area contributed by atoms with Crippen LogP contribution < -0.4 is 11.1 Å². The molecular formula is C41H79N2O6P. The highest BCUT2D eigenvalue weighted by Crippen LogP contribution is 2.43. The zero-order valence-electron chi connectivity index (χ0n) is 32.4. The van der Waals surface area contributed by atoms with Crippen molar-refractivity contribution in [2.24, 2.45) is 5.73 Å². The van der Waals surface area contributed by atoms with Crippen LogP contribution in [0.2, 0.25) is 0 Å². The highest BCUT2D eigenvalue weighted by atomic mass is 31.2. The van der Waals surface area contributed by atoms with Crippen LogP contribution in [0, 0.1) is 0 Å². The molecule has 0 saturated heterocycles. The summed E-state index contributed by atoms with van der Waals surface area (Å²) in [6.45, 7) is 4.09. The molecule has 5 N–H and O–H groups in total. The molecule has 3 unspecified atom stereocenters. The Bertz CT molecular complexity index is 881. The van der Waals surface area contributed by atoms with Gasteiger partial charge in [-0.2, -0.15) is 0 Å². The van der Waals surface area contributed by atoms with Gasteiger partial charge in [-0.25, -0.2) is 4.57 Å². The molecule has 1 amide bonds. The van der Waals surface area contributed by atoms with E-state index in [9.17, 15) is 19.4 Å². The molecule has 0 aromatic rings. The first-order chi connectivity index (χ1) is 24.4. The van der Waals surface area contributed by atoms with Gasteiger partial charge in [-0.3, -0.25) is 13.8 Å². The number of carbonyl (C=O) groups is 1. The zero-order valence-corrected chi connectivity index (χ0v) is 33.3. The highest BCUT2D eigenvalue weighted by Gasteiger charge is 2.26. The van der Waals surface area contributed by atoms with Gasteiger partial charge < -0.3 is 21.1 Å². The minimum atomic E-state index is -4.34. The van der Waals surface area contributed by atoms with Crippen molar-refractivity contribution in [3.63, 3.8) is 0 Å². The molecule has 50 heavy (non-hydrogen) atoms. The van der Waals surface area contributed by atoms with Crippen molar-refractivity contribution in [3.8, 4) is 0 Å². The van der Waals surface area contributed by atoms with Crippen molar-refractivity contribution >= 4 is 13.7 Å². The first-order valence-corrected chi connectivity index (χ1v) is 22.1. The fourth-order valence-corrected chi connectivity index (χ4v) is 6.57. The summed E-state index contributed by atoms with van der Waals surface area (Å²) >= 11 is 0. The van der Waals surface area contributed by atoms with E-state index in [0.717, 1.165) is 44.9 Å². The third kappa shape index (κ3) is 35.1. The second kappa shape index (κ2) is 37.5. The molecule has 0 bridgehead atoms. The topological polar surface area (TPSA) is 131 Å². The molecule has 0 aliphatic carbocycles. The zero-order chi connectivity index (χ0) is 36.8. The molecule has 0 heterocycles. The van der Waals surface area contributed by atoms with Gasteiger partial charge in [0.25, 0.3) is 0 Å². The summed E-state index contributed by atoms with van der Waals surface area (Å²) in [7, 11) is -4.34. The molecule has 9 heteroatoms. The number of aliphatic hydroxyl groups excluding tert-OH is 1. The van der Waals surface area contributed by atoms with E-state index in [0.29, 0.717) is 6.42 Å². The number of rotatable bonds is 38. The average Bonchev–Trinajstić information content (AvgIpc) is 3.10. The van der Waals surface area contributed by atoms with E-state index in [1.54, 1.807) is 6.08 Å². The van der Waals surface area contributed by atoms with Gasteiger partial charge in [-0.15, -0.1) is 0 Å². The van der Waals surface area contributed by atoms with Crippen LogP contribution in [-0.4, -0.2) is 47.8 Å². The van der Waals surface area contributed by atoms with Gasteiger partial charge in [0.1, 0.15) is 0 Å². The van der Waals surface area contributed by atoms with Gasteiger partial charge in [-0.1, -0.05) is 172 Å². The summed E-state index contributed by atoms with van der Waals surface area (Å²) in [6, 6.07) is -0.879. The van der Waals surface area contributed by atoms with Crippen molar-refractivity contribution < 1.29 is 28.4 Å². The predicted molar refractivity (Wildman–Crippen MR) is 212 cm³/mol. The summed E-state index contributed by atoms with van der Waals surface area (Å²) in [6.07, 6.45) is 43.3. The summed E-state index contributed by atoms with van der Waals surface area (Å²) in [5.41, 5.74) is 5.36. The number of hydrogen-bond donors (Lipinski definition) is 4. The highest BCUT2D eigenvalue weighted by molar-refractivity contribution is 7.47. The fourth-order valence-electron chi connectivity index (χ4n) is 5.81. The minimum absolute atomic E-state index is 0.0725. The molecule has 0 aliphatic heterocycles. The normalized spacial score (nSPS) is 14.6. The van der Waals surface area contributed by atoms with Crippen molar-refractivity contribution in [3.05, 3.63) is 36.5 Å². The number of nitrogens with one attached hydrogen (secondary N) is 1. The third-order valence-electron chi connectivity index (χ3n) is 8.95. The van der Waals surface area contributed by atoms with E-state index in [-0.39, 0.29) is 25.7 Å². The summed E-state index contributed by atoms with van der Waals surface area (Å²) in [5.74, 6) is -0.208. The molecule has 3 atom stereocenters. The maximum atomic E-state index is 12.7. The Morgan fingerprint density at radius 3 is 1.54 bits per heavy atom. The number of carbonyl (C=O) groups excluding carboxylic acids is 1. The number of phosphoric ester groups is 1. The summed E-state index contributed by atoms with van der Waals surface area (Å²) in [5, 5.41) is 13.6. The molecule has 294 valence electrons. The monoisotopic (exact) mass is 727 g/mol. The standard InChI is InChI=1S/C41H79N2O6P/c1-3-5-7-9-11-13-15-17-19-21-22-24-26-28-30-32-34-40(44)39(38-49-50(46,47)48-37-36-42)43-41(45)35-33-31-29-27-25-23-20-18-16-14-12-10-8-6-4-2/h17,19,24,26,32,34,39-40,44H,3-16,18,20-23,25,27-31,33,35-38,42H2,1-2H3,(H,43,45)(H,46,47)/b19-17+,26-24+,34-32+. The second-order valence-electron chi connectivity index (χ2n) is 13.8. The van der Waals surface area contributed by atoms with Crippen LogP contribution >= 0.6 is 7.82 Å². The summed E-state index contributed by atoms with van der Waals surface area (Å²) in [4.78, 5) is 22.6. The number of aliphatic hydroxyl groups is 1. The number of hydrogen-bond acceptors (Lipinski definition) is 6. The van der Waals surface area contributed by atoms with Crippen molar-refractivity contribution in [2.75, 3.05) is 19.8 Å². The van der Waals surface area contributed by atoms with E-state index in [1.807, 2.05) is 6.08 Å². The summed E-state index contributed by atoms with van der Waals surface area (Å²) < 4.78 is 22.1. The molecule has 0 radical (unpaired) electrons. The van der Waals surface area contributed by atoms with Gasteiger partial charge in [0.05, 0.1) is 25.4 Å². The lowest BCUT2D eigenvalue weighted by atomic mass is 10.0. The first-order valence-electron chi connectivity index (χ1n) is 20.6. The lowest BCUT2D eigenvalue weighted by Crippen LogP contribution is -2.45. The minimum Gasteiger partial charge on any atom is -0.387 e. The van der Waals surface area contributed by atoms with Gasteiger partial charge in [0.15, 0.2) is 0 Å². The first kappa shape index (κ1) is 48.7. The Labute approximate surface area is 308 Å². The molecule has 0 aromatic carbocycles. The van der Waals surface area contributed by atoms with Crippen LogP contribution in [-0.2, 0) is 18.4 Å². The van der Waals surface area contributed by atoms with E-state index in [2.05, 4.69) is 43.5 Å². The van der Waals surface area contributed by atoms with Crippen LogP contribution in [0.15, 0.2) is 36.5 Å². The Kier molecular flexibility index (Phi) is 36.5. The van der Waals surface area contributed by atoms with Crippen LogP contribution in [0.1, 0.15) is 187 Å². The second-order valence-corrected chi connectivity index (χ2v) is 15.3. The fraction of sp³-hybridized carbons (Fsp3) is 0.829. The number of allylic oxidation sites excluding steroid dienone is 5. The molecule has 0 aromatic heterocycles. The average molecular weight is 727 g/mol. The number of phosphoric acid groups is 1. The molecular weight excluding hydrogens is 647 g/mol. The van der Waals surface area contributed by atoms with E-state index >= 15 is 0 Å². The lowest BCUT2D eigenvalue weighted by Gasteiger charge is -2.23. The van der Waals surface area contributed by atoms with E-state index in [4.69, 9.17) is 14.8 Å². The third-order valence-corrected chi connectivity index (χ3v) is 9.93. The van der Waals surface area contributed by atoms with Crippen molar-refractivity contribution in [1.29, 1.82) is 0 Å². The van der Waals surface area contributed by atoms with Crippen molar-refractivity contribution in [2.45, 2.75) is 199 Å². The Morgan fingerprint density at radius 2 is 1.06 bits per heavy atom. The molecule has 8 nitrogen and oxygen atoms in total. The van der Waals surface area contributed by atoms with Crippen LogP contribution in [0.4, 0.5) is 0 Å². The van der Waals surface area contributed by atoms with Crippen LogP contribution in [0.5, 0.6) is 0 Å². The maximum Gasteiger partial charge on any atom is 0.472 e. The Morgan fingerprint density at radius 1 is 0.640 bits per heavy atom. The van der Waals surface area contributed by atoms with E-state index < -0.39 is 20.0 Å². The SMILES string of the molecule is CCCCCCCC/C=C/CC/C=C/CC/C=C/C(O)C(COP(=O)(O)OCCN)NC(=O)CCCCCCCCCCCCCCCCC. The molecule has 0 rings (SSSR count). The number of unbranched alkanes of at least 4 members (excludes halogenated alkanes) is 22. The van der Waals surface area contributed by atoms with Crippen LogP contribution in [0.25, 0.3) is 0 Å². The number of amides is 1. The Balaban J connectivity index is 4.33. The molecule has 0 aliphatic rings. The number of nitrogens with two attached hydrogens (primary N) is 1. The van der Waals surface area contributed by atoms with E-state index in [1.165, 1.54) is 122 Å². The largest absolute Gasteiger partial charge is 0.472 e. The maximum absolute atomic E-state index is 12.7. The van der Waals surface area contributed by atoms with Gasteiger partial charge >= 0.3 is 7.82 Å². The lowest BCUT2D eigenvalue weighted by molar-refractivity contribution is -0.123. The van der Waals surface area contributed by atoms with Gasteiger partial charge in [0.2, 0.25) is 5.91 Å². The van der Waals surface area contributed by atoms with Crippen LogP contribution in [0.3, 0.4) is 0 Å². The Hall–Kier alpha value is -1.28. The molecule has 0 spiro atoms. The van der Waals surface area contributed by atoms with Gasteiger partial charge in [-0.05, 0) is 44.9 Å². The smallest absolute Gasteiger partial charge is 0.387 e. The molecule has 0 fully saturated rings. The molecule has 0 saturated carbocycles. The predicted octanol–water partition coefficient (Wildman–Crippen LogP) is 11.2. The van der Waals surface area contributed by atoms with Gasteiger partial charge in [0, 0.05) is 13.0 Å².